The smallest absolute Gasteiger partial charge is 0.320 e. The van der Waals surface area contributed by atoms with Crippen LogP contribution in [0.25, 0.3) is 23.3 Å². The van der Waals surface area contributed by atoms with Crippen molar-refractivity contribution >= 4 is 29.7 Å². The maximum absolute atomic E-state index is 13.2. The van der Waals surface area contributed by atoms with Crippen LogP contribution in [-0.4, -0.2) is 87.9 Å². The van der Waals surface area contributed by atoms with Gasteiger partial charge in [0.05, 0.1) is 37.1 Å². The number of piperidine rings is 1. The van der Waals surface area contributed by atoms with Gasteiger partial charge in [0.1, 0.15) is 29.3 Å². The molecule has 6 rings (SSSR count). The molecule has 2 fully saturated rings. The highest BCUT2D eigenvalue weighted by atomic mass is 16.5. The molecule has 0 spiro atoms. The second-order valence-electron chi connectivity index (χ2n) is 13.4. The Kier molecular flexibility index (Phi) is 11.8. The highest BCUT2D eigenvalue weighted by Crippen LogP contribution is 2.35. The number of anilines is 1. The molecule has 53 heavy (non-hydrogen) atoms. The van der Waals surface area contributed by atoms with E-state index in [2.05, 4.69) is 26.3 Å². The summed E-state index contributed by atoms with van der Waals surface area (Å²) in [7, 11) is 3.15. The number of carbonyl (C=O) groups is 2. The molecule has 2 aromatic carbocycles. The summed E-state index contributed by atoms with van der Waals surface area (Å²) in [5, 5.41) is 32.9. The Labute approximate surface area is 309 Å². The number of nitrogens with zero attached hydrogens (tertiary/aromatic N) is 5. The number of carbonyl (C=O) groups excluding carboxylic acids is 1. The molecular formula is C41H44N6O6. The lowest BCUT2D eigenvalue weighted by Crippen LogP contribution is -2.44. The van der Waals surface area contributed by atoms with Crippen LogP contribution in [-0.2, 0) is 17.9 Å². The number of nitrogens with one attached hydrogen (secondary N) is 1. The van der Waals surface area contributed by atoms with Crippen molar-refractivity contribution in [2.75, 3.05) is 39.2 Å². The number of β-amino-alcohol motifs (C(OH)–C–C–N with tert-alkyl or cyclic N) is 1. The predicted molar refractivity (Wildman–Crippen MR) is 201 cm³/mol. The number of amides is 1. The number of ether oxygens (including phenoxy) is 2. The third kappa shape index (κ3) is 8.55. The molecule has 2 aliphatic heterocycles. The summed E-state index contributed by atoms with van der Waals surface area (Å²) in [6.45, 7) is 5.08. The van der Waals surface area contributed by atoms with Crippen LogP contribution < -0.4 is 14.8 Å². The number of benzene rings is 2. The third-order valence-electron chi connectivity index (χ3n) is 10.00. The van der Waals surface area contributed by atoms with Gasteiger partial charge < -0.3 is 25.0 Å². The zero-order valence-corrected chi connectivity index (χ0v) is 30.2. The van der Waals surface area contributed by atoms with E-state index in [1.165, 1.54) is 0 Å². The van der Waals surface area contributed by atoms with Gasteiger partial charge in [-0.15, -0.1) is 0 Å². The fourth-order valence-electron chi connectivity index (χ4n) is 7.16. The number of carboxylic acids is 1. The number of pyridine rings is 2. The molecule has 0 radical (unpaired) electrons. The molecule has 274 valence electrons. The molecule has 0 unspecified atom stereocenters. The lowest BCUT2D eigenvalue weighted by atomic mass is 9.94. The largest absolute Gasteiger partial charge is 0.496 e. The molecule has 0 bridgehead atoms. The van der Waals surface area contributed by atoms with Crippen molar-refractivity contribution in [3.8, 4) is 28.7 Å². The topological polar surface area (TPSA) is 161 Å². The molecular weight excluding hydrogens is 672 g/mol. The van der Waals surface area contributed by atoms with Gasteiger partial charge in [0.15, 0.2) is 0 Å². The van der Waals surface area contributed by atoms with E-state index >= 15 is 0 Å². The zero-order chi connectivity index (χ0) is 37.5. The highest BCUT2D eigenvalue weighted by molar-refractivity contribution is 6.04. The van der Waals surface area contributed by atoms with E-state index in [0.29, 0.717) is 66.6 Å². The molecule has 4 heterocycles. The van der Waals surface area contributed by atoms with Crippen LogP contribution in [0.2, 0.25) is 0 Å². The summed E-state index contributed by atoms with van der Waals surface area (Å²) in [6.07, 6.45) is 9.83. The van der Waals surface area contributed by atoms with Crippen molar-refractivity contribution in [2.45, 2.75) is 57.8 Å². The first kappa shape index (κ1) is 37.2. The van der Waals surface area contributed by atoms with Crippen LogP contribution in [0.3, 0.4) is 0 Å². The van der Waals surface area contributed by atoms with Gasteiger partial charge in [-0.05, 0) is 91.4 Å². The van der Waals surface area contributed by atoms with Gasteiger partial charge in [0.25, 0.3) is 5.91 Å². The molecule has 3 N–H and O–H groups in total. The number of rotatable bonds is 12. The summed E-state index contributed by atoms with van der Waals surface area (Å²) in [6, 6.07) is 16.4. The number of aliphatic hydroxyl groups is 1. The molecule has 12 nitrogen and oxygen atoms in total. The molecule has 2 atom stereocenters. The van der Waals surface area contributed by atoms with Gasteiger partial charge in [-0.3, -0.25) is 29.4 Å². The van der Waals surface area contributed by atoms with E-state index in [9.17, 15) is 25.1 Å². The number of aromatic nitrogens is 2. The van der Waals surface area contributed by atoms with E-state index in [4.69, 9.17) is 9.47 Å². The van der Waals surface area contributed by atoms with E-state index in [1.54, 1.807) is 44.8 Å². The van der Waals surface area contributed by atoms with Gasteiger partial charge in [-0.1, -0.05) is 30.7 Å². The molecule has 0 saturated carbocycles. The summed E-state index contributed by atoms with van der Waals surface area (Å²) in [5.74, 6) is -0.0256. The Morgan fingerprint density at radius 3 is 2.45 bits per heavy atom. The van der Waals surface area contributed by atoms with Crippen LogP contribution in [0.5, 0.6) is 11.5 Å². The highest BCUT2D eigenvalue weighted by Gasteiger charge is 2.30. The number of nitriles is 1. The van der Waals surface area contributed by atoms with E-state index < -0.39 is 12.0 Å². The number of carboxylic acid groups (broad SMARTS) is 1. The van der Waals surface area contributed by atoms with Gasteiger partial charge in [0.2, 0.25) is 0 Å². The fraction of sp³-hybridized carbons (Fsp3) is 0.341. The molecule has 1 amide bonds. The monoisotopic (exact) mass is 716 g/mol. The number of methoxy groups -OCH3 is 2. The maximum Gasteiger partial charge on any atom is 0.320 e. The average Bonchev–Trinajstić information content (AvgIpc) is 3.58. The van der Waals surface area contributed by atoms with E-state index in [1.807, 2.05) is 54.3 Å². The maximum atomic E-state index is 13.2. The van der Waals surface area contributed by atoms with E-state index in [-0.39, 0.29) is 17.7 Å². The van der Waals surface area contributed by atoms with Crippen molar-refractivity contribution in [2.24, 2.45) is 0 Å². The number of aliphatic hydroxyl groups excluding tert-OH is 1. The number of likely N-dealkylation sites (tertiary alicyclic amines) is 2. The van der Waals surface area contributed by atoms with Crippen LogP contribution in [0, 0.1) is 18.3 Å². The average molecular weight is 717 g/mol. The Hall–Kier alpha value is -5.61. The van der Waals surface area contributed by atoms with Gasteiger partial charge in [-0.2, -0.15) is 5.26 Å². The zero-order valence-electron chi connectivity index (χ0n) is 30.2. The number of hydrogen-bond acceptors (Lipinski definition) is 10. The molecule has 2 aliphatic rings. The summed E-state index contributed by atoms with van der Waals surface area (Å²) in [5.41, 5.74) is 6.45. The first-order chi connectivity index (χ1) is 25.7. The molecule has 2 aromatic heterocycles. The van der Waals surface area contributed by atoms with Gasteiger partial charge >= 0.3 is 5.97 Å². The number of aliphatic carboxylic acids is 1. The Bertz CT molecular complexity index is 2020. The van der Waals surface area contributed by atoms with Crippen molar-refractivity contribution < 1.29 is 29.3 Å². The predicted octanol–water partition coefficient (Wildman–Crippen LogP) is 5.77. The van der Waals surface area contributed by atoms with Crippen molar-refractivity contribution in [3.63, 3.8) is 0 Å². The van der Waals surface area contributed by atoms with E-state index in [0.717, 1.165) is 53.6 Å². The normalized spacial score (nSPS) is 17.8. The van der Waals surface area contributed by atoms with Crippen LogP contribution in [0.15, 0.2) is 60.9 Å². The van der Waals surface area contributed by atoms with Crippen LogP contribution in [0.1, 0.15) is 69.7 Å². The minimum atomic E-state index is -0.827. The quantitative estimate of drug-likeness (QED) is 0.163. The second kappa shape index (κ2) is 16.8. The van der Waals surface area contributed by atoms with Gasteiger partial charge in [0, 0.05) is 49.8 Å². The van der Waals surface area contributed by atoms with Crippen molar-refractivity contribution in [1.29, 1.82) is 5.26 Å². The Balaban J connectivity index is 1.21. The van der Waals surface area contributed by atoms with Crippen LogP contribution >= 0.6 is 0 Å². The number of hydrogen-bond donors (Lipinski definition) is 3. The fourth-order valence-corrected chi connectivity index (χ4v) is 7.16. The Morgan fingerprint density at radius 1 is 1.00 bits per heavy atom. The minimum absolute atomic E-state index is 0.284. The van der Waals surface area contributed by atoms with Crippen molar-refractivity contribution in [3.05, 3.63) is 100 Å². The second-order valence-corrected chi connectivity index (χ2v) is 13.4. The van der Waals surface area contributed by atoms with Crippen molar-refractivity contribution in [1.82, 2.24) is 19.8 Å². The first-order valence-corrected chi connectivity index (χ1v) is 17.7. The Morgan fingerprint density at radius 2 is 1.79 bits per heavy atom. The van der Waals surface area contributed by atoms with Crippen LogP contribution in [0.4, 0.5) is 5.69 Å². The molecule has 12 heteroatoms. The minimum Gasteiger partial charge on any atom is -0.496 e. The molecule has 4 aromatic rings. The molecule has 0 aliphatic carbocycles. The summed E-state index contributed by atoms with van der Waals surface area (Å²) >= 11 is 0. The molecule has 2 saturated heterocycles. The standard InChI is InChI=1S/C41H44N6O6/c1-26-30(7-6-8-34(26)45-40(49)36-13-11-28(22-44-36)23-46-18-15-29(48)24-46)31-14-16-43-35(32(31)21-42)12-10-27-19-38(52-2)33(39(20-27)53-3)25-47-17-5-4-9-37(47)41(50)51/h6-8,10-14,16,19-20,22,29,37,48H,4-5,9,15,17-18,23-25H2,1-3H3,(H,45,49)(H,50,51)/b12-10+/t29-,37+/m1/s1. The summed E-state index contributed by atoms with van der Waals surface area (Å²) < 4.78 is 11.5. The third-order valence-corrected chi connectivity index (χ3v) is 10.00. The lowest BCUT2D eigenvalue weighted by Gasteiger charge is -2.33. The summed E-state index contributed by atoms with van der Waals surface area (Å²) in [4.78, 5) is 38.2. The first-order valence-electron chi connectivity index (χ1n) is 17.7. The lowest BCUT2D eigenvalue weighted by molar-refractivity contribution is -0.144. The SMILES string of the molecule is COc1cc(/C=C/c2nccc(-c3cccc(NC(=O)c4ccc(CN5CC[C@@H](O)C5)cn4)c3C)c2C#N)cc(OC)c1CN1CCCC[C@H]1C(=O)O. The van der Waals surface area contributed by atoms with Gasteiger partial charge in [-0.25, -0.2) is 0 Å².